The Morgan fingerprint density at radius 2 is 1.92 bits per heavy atom. The highest BCUT2D eigenvalue weighted by Crippen LogP contribution is 2.42. The Balaban J connectivity index is 1.91. The van der Waals surface area contributed by atoms with Gasteiger partial charge in [-0.2, -0.15) is 0 Å². The van der Waals surface area contributed by atoms with Crippen LogP contribution in [0.3, 0.4) is 0 Å². The summed E-state index contributed by atoms with van der Waals surface area (Å²) >= 11 is 0. The number of para-hydroxylation sites is 2. The Bertz CT molecular complexity index is 971. The molecule has 1 atom stereocenters. The minimum Gasteiger partial charge on any atom is -0.449 e. The van der Waals surface area contributed by atoms with Crippen LogP contribution in [-0.4, -0.2) is 17.7 Å². The third-order valence-corrected chi connectivity index (χ3v) is 4.65. The molecule has 1 N–H and O–H groups in total. The number of rotatable bonds is 2. The van der Waals surface area contributed by atoms with E-state index < -0.39 is 0 Å². The molecule has 2 heterocycles. The van der Waals surface area contributed by atoms with Crippen LogP contribution >= 0.6 is 0 Å². The van der Waals surface area contributed by atoms with E-state index in [0.29, 0.717) is 6.61 Å². The summed E-state index contributed by atoms with van der Waals surface area (Å²) in [5, 5.41) is 1.12. The smallest absolute Gasteiger partial charge is 0.415 e. The number of H-pyrrole nitrogens is 1. The highest BCUT2D eigenvalue weighted by molar-refractivity contribution is 5.96. The molecule has 0 bridgehead atoms. The molecular formula is C21H20N2O2. The fourth-order valence-electron chi connectivity index (χ4n) is 3.60. The largest absolute Gasteiger partial charge is 0.449 e. The number of anilines is 1. The van der Waals surface area contributed by atoms with Crippen molar-refractivity contribution < 1.29 is 9.53 Å². The van der Waals surface area contributed by atoms with Gasteiger partial charge in [-0.15, -0.1) is 0 Å². The van der Waals surface area contributed by atoms with Gasteiger partial charge in [0.15, 0.2) is 0 Å². The molecule has 1 aliphatic heterocycles. The molecule has 0 fully saturated rings. The number of carbonyl (C=O) groups excluding carboxylic acids is 1. The molecule has 0 saturated carbocycles. The second-order valence-corrected chi connectivity index (χ2v) is 6.21. The van der Waals surface area contributed by atoms with Crippen molar-refractivity contribution in [2.45, 2.75) is 19.9 Å². The average Bonchev–Trinajstić information content (AvgIpc) is 3.04. The van der Waals surface area contributed by atoms with Gasteiger partial charge < -0.3 is 9.72 Å². The monoisotopic (exact) mass is 332 g/mol. The van der Waals surface area contributed by atoms with Crippen LogP contribution in [0.25, 0.3) is 17.0 Å². The molecule has 1 unspecified atom stereocenters. The van der Waals surface area contributed by atoms with Gasteiger partial charge in [0.25, 0.3) is 0 Å². The topological polar surface area (TPSA) is 45.3 Å². The maximum Gasteiger partial charge on any atom is 0.415 e. The molecule has 2 aromatic carbocycles. The molecule has 3 aromatic rings. The lowest BCUT2D eigenvalue weighted by Gasteiger charge is -2.36. The maximum atomic E-state index is 12.8. The van der Waals surface area contributed by atoms with Crippen molar-refractivity contribution in [2.24, 2.45) is 0 Å². The number of nitrogens with one attached hydrogen (secondary N) is 1. The number of fused-ring (bicyclic) bond motifs is 2. The minimum atomic E-state index is -0.322. The van der Waals surface area contributed by atoms with Crippen LogP contribution in [0.2, 0.25) is 0 Å². The minimum absolute atomic E-state index is 0.190. The van der Waals surface area contributed by atoms with Crippen molar-refractivity contribution in [3.05, 3.63) is 71.4 Å². The van der Waals surface area contributed by atoms with E-state index in [9.17, 15) is 4.79 Å². The number of hydrogen-bond acceptors (Lipinski definition) is 2. The number of ether oxygens (including phenoxy) is 1. The first-order chi connectivity index (χ1) is 12.2. The lowest BCUT2D eigenvalue weighted by atomic mass is 9.91. The average molecular weight is 332 g/mol. The normalized spacial score (nSPS) is 16.5. The maximum absolute atomic E-state index is 12.8. The Morgan fingerprint density at radius 3 is 2.76 bits per heavy atom. The van der Waals surface area contributed by atoms with Gasteiger partial charge in [-0.3, -0.25) is 4.90 Å². The molecule has 4 heteroatoms. The van der Waals surface area contributed by atoms with Gasteiger partial charge in [0.2, 0.25) is 0 Å². The van der Waals surface area contributed by atoms with Crippen molar-refractivity contribution in [1.29, 1.82) is 0 Å². The van der Waals surface area contributed by atoms with Crippen molar-refractivity contribution in [2.75, 3.05) is 11.5 Å². The van der Waals surface area contributed by atoms with Crippen molar-refractivity contribution >= 4 is 28.8 Å². The lowest BCUT2D eigenvalue weighted by Crippen LogP contribution is -2.38. The molecule has 1 amide bonds. The molecule has 4 rings (SSSR count). The molecule has 25 heavy (non-hydrogen) atoms. The summed E-state index contributed by atoms with van der Waals surface area (Å²) in [7, 11) is 0. The number of benzene rings is 2. The van der Waals surface area contributed by atoms with Gasteiger partial charge in [0, 0.05) is 22.7 Å². The molecule has 1 aliphatic rings. The van der Waals surface area contributed by atoms with Crippen molar-refractivity contribution in [3.63, 3.8) is 0 Å². The zero-order valence-corrected chi connectivity index (χ0v) is 14.3. The Hall–Kier alpha value is -3.01. The first-order valence-electron chi connectivity index (χ1n) is 8.50. The first kappa shape index (κ1) is 15.5. The van der Waals surface area contributed by atoms with E-state index in [1.807, 2.05) is 55.6 Å². The molecular weight excluding hydrogens is 312 g/mol. The van der Waals surface area contributed by atoms with Crippen LogP contribution in [0.4, 0.5) is 10.5 Å². The van der Waals surface area contributed by atoms with Crippen LogP contribution in [0.5, 0.6) is 0 Å². The van der Waals surface area contributed by atoms with Crippen LogP contribution in [0.1, 0.15) is 31.0 Å². The summed E-state index contributed by atoms with van der Waals surface area (Å²) < 4.78 is 5.38. The number of nitrogens with zero attached hydrogens (tertiary/aromatic N) is 1. The second kappa shape index (κ2) is 6.13. The third-order valence-electron chi connectivity index (χ3n) is 4.65. The number of carbonyl (C=O) groups is 1. The van der Waals surface area contributed by atoms with Gasteiger partial charge in [-0.1, -0.05) is 42.5 Å². The van der Waals surface area contributed by atoms with Crippen LogP contribution in [0.15, 0.2) is 60.3 Å². The van der Waals surface area contributed by atoms with Gasteiger partial charge in [-0.25, -0.2) is 4.79 Å². The Kier molecular flexibility index (Phi) is 3.80. The highest BCUT2D eigenvalue weighted by Gasteiger charge is 2.34. The van der Waals surface area contributed by atoms with Gasteiger partial charge in [0.1, 0.15) is 0 Å². The molecule has 0 saturated heterocycles. The van der Waals surface area contributed by atoms with Gasteiger partial charge >= 0.3 is 6.09 Å². The molecule has 1 aromatic heterocycles. The summed E-state index contributed by atoms with van der Waals surface area (Å²) in [6.45, 7) is 4.24. The van der Waals surface area contributed by atoms with Gasteiger partial charge in [0.05, 0.1) is 18.3 Å². The van der Waals surface area contributed by atoms with E-state index in [1.165, 1.54) is 0 Å². The quantitative estimate of drug-likeness (QED) is 0.693. The van der Waals surface area contributed by atoms with E-state index in [0.717, 1.165) is 33.3 Å². The van der Waals surface area contributed by atoms with Crippen LogP contribution < -0.4 is 4.90 Å². The van der Waals surface area contributed by atoms with Crippen LogP contribution in [0, 0.1) is 0 Å². The number of aromatic nitrogens is 1. The van der Waals surface area contributed by atoms with E-state index in [2.05, 4.69) is 24.1 Å². The van der Waals surface area contributed by atoms with Crippen molar-refractivity contribution in [3.8, 4) is 0 Å². The number of aromatic amines is 1. The predicted molar refractivity (Wildman–Crippen MR) is 101 cm³/mol. The van der Waals surface area contributed by atoms with Gasteiger partial charge in [-0.05, 0) is 37.1 Å². The summed E-state index contributed by atoms with van der Waals surface area (Å²) in [4.78, 5) is 17.9. The van der Waals surface area contributed by atoms with Crippen LogP contribution in [-0.2, 0) is 4.74 Å². The molecule has 0 aliphatic carbocycles. The lowest BCUT2D eigenvalue weighted by molar-refractivity contribution is 0.158. The number of amides is 1. The Morgan fingerprint density at radius 1 is 1.16 bits per heavy atom. The zero-order chi connectivity index (χ0) is 17.4. The summed E-state index contributed by atoms with van der Waals surface area (Å²) in [6, 6.07) is 15.9. The molecule has 0 radical (unpaired) electrons. The van der Waals surface area contributed by atoms with E-state index >= 15 is 0 Å². The second-order valence-electron chi connectivity index (χ2n) is 6.21. The standard InChI is InChI=1S/C21H20N2O2/c1-3-25-21(24)23-19-11-7-4-8-15(19)12-14(2)20(23)17-13-22-18-10-6-5-9-16(17)18/h4-13,20,22H,3H2,1-2H3. The first-order valence-corrected chi connectivity index (χ1v) is 8.50. The third kappa shape index (κ3) is 2.50. The Labute approximate surface area is 146 Å². The fourth-order valence-corrected chi connectivity index (χ4v) is 3.60. The summed E-state index contributed by atoms with van der Waals surface area (Å²) in [5.74, 6) is 0. The SMILES string of the molecule is CCOC(=O)N1c2ccccc2C=C(C)C1c1c[nH]c2ccccc12. The van der Waals surface area contributed by atoms with E-state index in [1.54, 1.807) is 4.90 Å². The predicted octanol–water partition coefficient (Wildman–Crippen LogP) is 5.29. The number of hydrogen-bond donors (Lipinski definition) is 1. The molecule has 4 nitrogen and oxygen atoms in total. The molecule has 126 valence electrons. The summed E-state index contributed by atoms with van der Waals surface area (Å²) in [5.41, 5.74) is 5.15. The van der Waals surface area contributed by atoms with E-state index in [4.69, 9.17) is 4.74 Å². The van der Waals surface area contributed by atoms with E-state index in [-0.39, 0.29) is 12.1 Å². The summed E-state index contributed by atoms with van der Waals surface area (Å²) in [6.07, 6.45) is 3.82. The molecule has 0 spiro atoms. The fraction of sp³-hybridized carbons (Fsp3) is 0.190. The van der Waals surface area contributed by atoms with Crippen molar-refractivity contribution in [1.82, 2.24) is 4.98 Å². The zero-order valence-electron chi connectivity index (χ0n) is 14.3. The highest BCUT2D eigenvalue weighted by atomic mass is 16.6.